The summed E-state index contributed by atoms with van der Waals surface area (Å²) in [6.07, 6.45) is 6.87. The summed E-state index contributed by atoms with van der Waals surface area (Å²) in [6.45, 7) is 7.18. The molecule has 6 N–H and O–H groups in total. The molecular formula is C16H26N4O3+2. The summed E-state index contributed by atoms with van der Waals surface area (Å²) in [7, 11) is 0. The molecular weight excluding hydrogens is 296 g/mol. The van der Waals surface area contributed by atoms with E-state index in [1.807, 2.05) is 19.2 Å². The van der Waals surface area contributed by atoms with Gasteiger partial charge < -0.3 is 16.8 Å². The third-order valence-electron chi connectivity index (χ3n) is 2.69. The van der Waals surface area contributed by atoms with Gasteiger partial charge in [-0.1, -0.05) is 19.9 Å². The van der Waals surface area contributed by atoms with Crippen LogP contribution in [-0.4, -0.2) is 25.1 Å². The Hall–Kier alpha value is -2.43. The van der Waals surface area contributed by atoms with Crippen molar-refractivity contribution in [2.45, 2.75) is 33.9 Å². The summed E-state index contributed by atoms with van der Waals surface area (Å²) >= 11 is 0. The van der Waals surface area contributed by atoms with Crippen LogP contribution in [0.2, 0.25) is 0 Å². The maximum absolute atomic E-state index is 11.0. The first-order valence-corrected chi connectivity index (χ1v) is 7.49. The molecule has 0 radical (unpaired) electrons. The van der Waals surface area contributed by atoms with Crippen LogP contribution in [0.15, 0.2) is 23.9 Å². The molecule has 0 aliphatic carbocycles. The minimum absolute atomic E-state index is 0.254. The predicted molar refractivity (Wildman–Crippen MR) is 84.5 cm³/mol. The van der Waals surface area contributed by atoms with E-state index in [1.54, 1.807) is 23.8 Å². The number of amides is 2. The lowest BCUT2D eigenvalue weighted by Crippen LogP contribution is -2.85. The van der Waals surface area contributed by atoms with Crippen molar-refractivity contribution < 1.29 is 24.2 Å². The zero-order chi connectivity index (χ0) is 17.7. The molecule has 0 aliphatic heterocycles. The zero-order valence-corrected chi connectivity index (χ0v) is 14.0. The number of carbonyl (C=O) groups is 2. The summed E-state index contributed by atoms with van der Waals surface area (Å²) in [5.74, 6) is -0.916. The van der Waals surface area contributed by atoms with Crippen molar-refractivity contribution >= 4 is 11.8 Å². The molecule has 126 valence electrons. The number of aromatic nitrogens is 1. The fraction of sp³-hybridized carbons (Fsp3) is 0.438. The summed E-state index contributed by atoms with van der Waals surface area (Å²) in [5.41, 5.74) is 11.2. The van der Waals surface area contributed by atoms with Crippen molar-refractivity contribution in [3.8, 4) is 0 Å². The Morgan fingerprint density at radius 3 is 2.70 bits per heavy atom. The summed E-state index contributed by atoms with van der Waals surface area (Å²) in [5, 5.41) is 1.95. The Balaban J connectivity index is 0.00000232. The quantitative estimate of drug-likeness (QED) is 0.235. The van der Waals surface area contributed by atoms with E-state index in [0.717, 1.165) is 13.0 Å². The molecule has 0 atom stereocenters. The van der Waals surface area contributed by atoms with Gasteiger partial charge in [-0.05, 0) is 6.92 Å². The molecule has 1 aromatic heterocycles. The SMILES string of the molecule is C/C(=C\CC[NH2+]COC[n+]1c#ccc(C(N)=O)c1)C(N)=O.CC. The fourth-order valence-corrected chi connectivity index (χ4v) is 1.47. The van der Waals surface area contributed by atoms with E-state index in [-0.39, 0.29) is 6.73 Å². The Morgan fingerprint density at radius 2 is 2.09 bits per heavy atom. The van der Waals surface area contributed by atoms with Crippen molar-refractivity contribution in [3.63, 3.8) is 0 Å². The van der Waals surface area contributed by atoms with E-state index >= 15 is 0 Å². The standard InChI is InChI=1S/C14H18N4O3.C2H6/c1-11(13(15)19)4-2-6-17-9-21-10-18-7-3-5-12(8-18)14(16)20;1-2/h4-5,8,17H,2,6,9-10H2,1H3,(H3-,15,16,19,20);1-2H3/p+2/b11-4+;. The van der Waals surface area contributed by atoms with Crippen LogP contribution >= 0.6 is 0 Å². The van der Waals surface area contributed by atoms with Crippen LogP contribution in [0.3, 0.4) is 0 Å². The van der Waals surface area contributed by atoms with E-state index < -0.39 is 11.8 Å². The minimum atomic E-state index is -0.517. The average Bonchev–Trinajstić information content (AvgIpc) is 2.55. The second kappa shape index (κ2) is 12.1. The highest BCUT2D eigenvalue weighted by Gasteiger charge is 2.06. The highest BCUT2D eigenvalue weighted by Crippen LogP contribution is 1.91. The smallest absolute Gasteiger partial charge is 0.266 e. The van der Waals surface area contributed by atoms with Gasteiger partial charge in [0.1, 0.15) is 5.56 Å². The second-order valence-electron chi connectivity index (χ2n) is 4.44. The molecule has 0 fully saturated rings. The van der Waals surface area contributed by atoms with Crippen LogP contribution in [0.4, 0.5) is 0 Å². The van der Waals surface area contributed by atoms with E-state index in [4.69, 9.17) is 16.2 Å². The van der Waals surface area contributed by atoms with Crippen molar-refractivity contribution in [1.29, 1.82) is 0 Å². The minimum Gasteiger partial charge on any atom is -0.366 e. The lowest BCUT2D eigenvalue weighted by atomic mass is 10.2. The molecule has 1 heterocycles. The Kier molecular flexibility index (Phi) is 10.9. The molecule has 0 saturated heterocycles. The van der Waals surface area contributed by atoms with Gasteiger partial charge in [0.2, 0.25) is 12.1 Å². The number of hydrogen-bond acceptors (Lipinski definition) is 3. The molecule has 1 aromatic rings. The molecule has 7 heteroatoms. The highest BCUT2D eigenvalue weighted by molar-refractivity contribution is 5.92. The van der Waals surface area contributed by atoms with E-state index in [0.29, 0.717) is 17.9 Å². The second-order valence-corrected chi connectivity index (χ2v) is 4.44. The van der Waals surface area contributed by atoms with Gasteiger partial charge in [0.05, 0.1) is 6.54 Å². The third-order valence-corrected chi connectivity index (χ3v) is 2.69. The number of primary amides is 2. The summed E-state index contributed by atoms with van der Waals surface area (Å²) in [4.78, 5) is 21.8. The van der Waals surface area contributed by atoms with Crippen LogP contribution in [0, 0.1) is 12.3 Å². The zero-order valence-electron chi connectivity index (χ0n) is 14.0. The largest absolute Gasteiger partial charge is 0.366 e. The van der Waals surface area contributed by atoms with Gasteiger partial charge >= 0.3 is 0 Å². The van der Waals surface area contributed by atoms with Gasteiger partial charge in [0.15, 0.2) is 12.9 Å². The molecule has 0 aliphatic rings. The average molecular weight is 322 g/mol. The van der Waals surface area contributed by atoms with Crippen LogP contribution in [-0.2, 0) is 16.3 Å². The van der Waals surface area contributed by atoms with E-state index in [9.17, 15) is 9.59 Å². The maximum Gasteiger partial charge on any atom is 0.266 e. The molecule has 23 heavy (non-hydrogen) atoms. The third kappa shape index (κ3) is 9.24. The van der Waals surface area contributed by atoms with Crippen molar-refractivity contribution in [3.05, 3.63) is 41.7 Å². The molecule has 1 rings (SSSR count). The van der Waals surface area contributed by atoms with Crippen molar-refractivity contribution in [2.24, 2.45) is 11.5 Å². The number of ether oxygens (including phenoxy) is 1. The fourth-order valence-electron chi connectivity index (χ4n) is 1.47. The first-order chi connectivity index (χ1) is 11.0. The highest BCUT2D eigenvalue weighted by atomic mass is 16.5. The Morgan fingerprint density at radius 1 is 1.39 bits per heavy atom. The van der Waals surface area contributed by atoms with Crippen LogP contribution in [0.25, 0.3) is 0 Å². The van der Waals surface area contributed by atoms with Gasteiger partial charge in [0.25, 0.3) is 12.6 Å². The van der Waals surface area contributed by atoms with Gasteiger partial charge in [-0.15, -0.1) is 4.57 Å². The first-order valence-electron chi connectivity index (χ1n) is 7.49. The number of carbonyl (C=O) groups excluding carboxylic acids is 2. The number of quaternary nitrogens is 1. The first kappa shape index (κ1) is 20.6. The summed E-state index contributed by atoms with van der Waals surface area (Å²) in [6, 6.07) is 4.16. The van der Waals surface area contributed by atoms with Gasteiger partial charge in [-0.2, -0.15) is 0 Å². The number of hydrogen-bond donors (Lipinski definition) is 3. The normalized spacial score (nSPS) is 10.3. The van der Waals surface area contributed by atoms with E-state index in [1.165, 1.54) is 6.07 Å². The van der Waals surface area contributed by atoms with Crippen molar-refractivity contribution in [2.75, 3.05) is 13.3 Å². The molecule has 2 amide bonds. The van der Waals surface area contributed by atoms with E-state index in [2.05, 4.69) is 12.3 Å². The van der Waals surface area contributed by atoms with Gasteiger partial charge in [-0.3, -0.25) is 14.3 Å². The number of nitrogens with two attached hydrogens (primary N) is 3. The lowest BCUT2D eigenvalue weighted by molar-refractivity contribution is -0.766. The van der Waals surface area contributed by atoms with Crippen LogP contribution < -0.4 is 21.4 Å². The molecule has 0 bridgehead atoms. The van der Waals surface area contributed by atoms with Crippen LogP contribution in [0.5, 0.6) is 0 Å². The maximum atomic E-state index is 11.0. The Bertz CT molecular complexity index is 530. The van der Waals surface area contributed by atoms with Gasteiger partial charge in [-0.25, -0.2) is 0 Å². The molecule has 0 unspecified atom stereocenters. The predicted octanol–water partition coefficient (Wildman–Crippen LogP) is -0.984. The van der Waals surface area contributed by atoms with Crippen LogP contribution in [0.1, 0.15) is 37.6 Å². The number of nitrogens with zero attached hydrogens (tertiary/aromatic N) is 1. The molecule has 0 aromatic carbocycles. The molecule has 7 nitrogen and oxygen atoms in total. The molecule has 0 saturated carbocycles. The Labute approximate surface area is 137 Å². The topological polar surface area (TPSA) is 116 Å². The lowest BCUT2D eigenvalue weighted by Gasteiger charge is -1.99. The monoisotopic (exact) mass is 322 g/mol. The van der Waals surface area contributed by atoms with Crippen molar-refractivity contribution in [1.82, 2.24) is 0 Å². The molecule has 0 spiro atoms. The number of rotatable bonds is 9. The summed E-state index contributed by atoms with van der Waals surface area (Å²) < 4.78 is 6.96. The van der Waals surface area contributed by atoms with Gasteiger partial charge in [0, 0.05) is 24.1 Å².